The smallest absolute Gasteiger partial charge is 0.263 e. The topological polar surface area (TPSA) is 76.9 Å². The summed E-state index contributed by atoms with van der Waals surface area (Å²) in [5, 5.41) is 3.36. The van der Waals surface area contributed by atoms with Gasteiger partial charge in [-0.3, -0.25) is 14.2 Å². The van der Waals surface area contributed by atoms with Crippen molar-refractivity contribution < 1.29 is 4.79 Å². The van der Waals surface area contributed by atoms with Gasteiger partial charge in [0.2, 0.25) is 5.91 Å². The molecule has 1 aromatic carbocycles. The zero-order valence-corrected chi connectivity index (χ0v) is 15.3. The Kier molecular flexibility index (Phi) is 4.71. The molecule has 1 N–H and O–H groups in total. The molecule has 0 saturated carbocycles. The quantitative estimate of drug-likeness (QED) is 0.773. The van der Waals surface area contributed by atoms with Gasteiger partial charge < -0.3 is 5.32 Å². The first kappa shape index (κ1) is 17.4. The minimum atomic E-state index is -0.620. The van der Waals surface area contributed by atoms with Crippen LogP contribution in [0.1, 0.15) is 43.5 Å². The lowest BCUT2D eigenvalue weighted by molar-refractivity contribution is -0.119. The first-order chi connectivity index (χ1) is 13.2. The van der Waals surface area contributed by atoms with Gasteiger partial charge in [0, 0.05) is 11.4 Å². The normalized spacial score (nSPS) is 14.6. The summed E-state index contributed by atoms with van der Waals surface area (Å²) in [7, 11) is 0. The number of rotatable bonds is 4. The molecule has 3 aromatic rings. The lowest BCUT2D eigenvalue weighted by atomic mass is 9.95. The maximum Gasteiger partial charge on any atom is 0.263 e. The summed E-state index contributed by atoms with van der Waals surface area (Å²) < 4.78 is 1.43. The second-order valence-corrected chi connectivity index (χ2v) is 6.91. The van der Waals surface area contributed by atoms with Crippen molar-refractivity contribution in [2.24, 2.45) is 0 Å². The number of amides is 1. The van der Waals surface area contributed by atoms with Gasteiger partial charge in [-0.25, -0.2) is 9.97 Å². The molecular weight excluding hydrogens is 340 g/mol. The molecule has 1 amide bonds. The molecule has 1 aliphatic carbocycles. The van der Waals surface area contributed by atoms with Gasteiger partial charge in [-0.05, 0) is 55.9 Å². The maximum atomic E-state index is 13.1. The fraction of sp³-hybridized carbons (Fsp3) is 0.333. The Labute approximate surface area is 157 Å². The van der Waals surface area contributed by atoms with Crippen LogP contribution in [0.25, 0.3) is 11.0 Å². The summed E-state index contributed by atoms with van der Waals surface area (Å²) in [5.74, 6) is -0.224. The number of hydrogen-bond donors (Lipinski definition) is 1. The number of anilines is 1. The van der Waals surface area contributed by atoms with Crippen molar-refractivity contribution in [2.75, 3.05) is 5.32 Å². The zero-order chi connectivity index (χ0) is 18.8. The van der Waals surface area contributed by atoms with Crippen LogP contribution in [0.2, 0.25) is 0 Å². The SMILES string of the molecule is CC[C@@H](C(=O)Nc1ccccc1)n1cnc2nc3c(cc2c1=O)CCCC3. The van der Waals surface area contributed by atoms with E-state index in [-0.39, 0.29) is 11.5 Å². The van der Waals surface area contributed by atoms with E-state index in [1.54, 1.807) is 0 Å². The van der Waals surface area contributed by atoms with Crippen molar-refractivity contribution in [3.05, 3.63) is 64.3 Å². The van der Waals surface area contributed by atoms with Crippen LogP contribution in [0.3, 0.4) is 0 Å². The van der Waals surface area contributed by atoms with Crippen molar-refractivity contribution in [3.63, 3.8) is 0 Å². The number of nitrogens with zero attached hydrogens (tertiary/aromatic N) is 3. The molecular formula is C21H22N4O2. The van der Waals surface area contributed by atoms with E-state index in [0.29, 0.717) is 23.1 Å². The van der Waals surface area contributed by atoms with E-state index in [4.69, 9.17) is 0 Å². The Bertz CT molecular complexity index is 1040. The Morgan fingerprint density at radius 3 is 2.78 bits per heavy atom. The Morgan fingerprint density at radius 1 is 1.22 bits per heavy atom. The zero-order valence-electron chi connectivity index (χ0n) is 15.3. The molecule has 1 atom stereocenters. The van der Waals surface area contributed by atoms with Crippen LogP contribution in [0, 0.1) is 0 Å². The summed E-state index contributed by atoms with van der Waals surface area (Å²) >= 11 is 0. The van der Waals surface area contributed by atoms with E-state index >= 15 is 0 Å². The van der Waals surface area contributed by atoms with Crippen LogP contribution in [0.15, 0.2) is 47.5 Å². The molecule has 0 spiro atoms. The van der Waals surface area contributed by atoms with Gasteiger partial charge in [-0.15, -0.1) is 0 Å². The number of pyridine rings is 1. The number of fused-ring (bicyclic) bond motifs is 2. The summed E-state index contributed by atoms with van der Waals surface area (Å²) in [5.41, 5.74) is 3.14. The van der Waals surface area contributed by atoms with Gasteiger partial charge in [-0.2, -0.15) is 0 Å². The van der Waals surface area contributed by atoms with Crippen molar-refractivity contribution in [3.8, 4) is 0 Å². The summed E-state index contributed by atoms with van der Waals surface area (Å²) in [6.07, 6.45) is 6.06. The molecule has 0 fully saturated rings. The lowest BCUT2D eigenvalue weighted by Crippen LogP contribution is -2.33. The number of nitrogens with one attached hydrogen (secondary N) is 1. The predicted molar refractivity (Wildman–Crippen MR) is 105 cm³/mol. The first-order valence-corrected chi connectivity index (χ1v) is 9.43. The maximum absolute atomic E-state index is 13.1. The molecule has 4 rings (SSSR count). The highest BCUT2D eigenvalue weighted by molar-refractivity contribution is 5.93. The number of para-hydroxylation sites is 1. The van der Waals surface area contributed by atoms with E-state index in [0.717, 1.165) is 36.9 Å². The molecule has 6 heteroatoms. The van der Waals surface area contributed by atoms with Crippen LogP contribution in [-0.4, -0.2) is 20.4 Å². The van der Waals surface area contributed by atoms with Crippen LogP contribution in [-0.2, 0) is 17.6 Å². The average Bonchev–Trinajstić information content (AvgIpc) is 2.70. The molecule has 2 heterocycles. The second-order valence-electron chi connectivity index (χ2n) is 6.91. The number of aromatic nitrogens is 3. The van der Waals surface area contributed by atoms with E-state index < -0.39 is 6.04 Å². The number of hydrogen-bond acceptors (Lipinski definition) is 4. The van der Waals surface area contributed by atoms with Crippen molar-refractivity contribution in [1.29, 1.82) is 0 Å². The molecule has 0 aliphatic heterocycles. The number of carbonyl (C=O) groups excluding carboxylic acids is 1. The first-order valence-electron chi connectivity index (χ1n) is 9.43. The molecule has 0 radical (unpaired) electrons. The lowest BCUT2D eigenvalue weighted by Gasteiger charge is -2.19. The monoisotopic (exact) mass is 362 g/mol. The van der Waals surface area contributed by atoms with Crippen LogP contribution in [0.4, 0.5) is 5.69 Å². The predicted octanol–water partition coefficient (Wildman–Crippen LogP) is 3.26. The highest BCUT2D eigenvalue weighted by Gasteiger charge is 2.22. The Hall–Kier alpha value is -3.02. The molecule has 1 aliphatic rings. The van der Waals surface area contributed by atoms with Gasteiger partial charge in [0.25, 0.3) is 5.56 Å². The molecule has 6 nitrogen and oxygen atoms in total. The van der Waals surface area contributed by atoms with Gasteiger partial charge in [-0.1, -0.05) is 25.1 Å². The van der Waals surface area contributed by atoms with Crippen LogP contribution < -0.4 is 10.9 Å². The molecule has 2 aromatic heterocycles. The standard InChI is InChI=1S/C21H22N4O2/c1-2-18(20(26)23-15-9-4-3-5-10-15)25-13-22-19-16(21(25)27)12-14-8-6-7-11-17(14)24-19/h3-5,9-10,12-13,18H,2,6-8,11H2,1H3,(H,23,26)/t18-/m0/s1. The average molecular weight is 362 g/mol. The number of benzene rings is 1. The number of aryl methyl sites for hydroxylation is 2. The molecule has 0 bridgehead atoms. The molecule has 138 valence electrons. The fourth-order valence-electron chi connectivity index (χ4n) is 3.66. The minimum absolute atomic E-state index is 0.212. The Balaban J connectivity index is 1.72. The summed E-state index contributed by atoms with van der Waals surface area (Å²) in [4.78, 5) is 34.8. The Morgan fingerprint density at radius 2 is 2.00 bits per heavy atom. The van der Waals surface area contributed by atoms with Crippen LogP contribution in [0.5, 0.6) is 0 Å². The van der Waals surface area contributed by atoms with Gasteiger partial charge >= 0.3 is 0 Å². The van der Waals surface area contributed by atoms with Gasteiger partial charge in [0.1, 0.15) is 12.4 Å². The number of carbonyl (C=O) groups is 1. The highest BCUT2D eigenvalue weighted by Crippen LogP contribution is 2.22. The third kappa shape index (κ3) is 3.35. The van der Waals surface area contributed by atoms with Gasteiger partial charge in [0.05, 0.1) is 5.39 Å². The minimum Gasteiger partial charge on any atom is -0.324 e. The second kappa shape index (κ2) is 7.31. The van der Waals surface area contributed by atoms with E-state index in [2.05, 4.69) is 15.3 Å². The fourth-order valence-corrected chi connectivity index (χ4v) is 3.66. The largest absolute Gasteiger partial charge is 0.324 e. The van der Waals surface area contributed by atoms with E-state index in [9.17, 15) is 9.59 Å². The third-order valence-electron chi connectivity index (χ3n) is 5.12. The van der Waals surface area contributed by atoms with Crippen molar-refractivity contribution in [1.82, 2.24) is 14.5 Å². The highest BCUT2D eigenvalue weighted by atomic mass is 16.2. The molecule has 27 heavy (non-hydrogen) atoms. The van der Waals surface area contributed by atoms with E-state index in [1.807, 2.05) is 43.3 Å². The van der Waals surface area contributed by atoms with Crippen molar-refractivity contribution in [2.45, 2.75) is 45.1 Å². The van der Waals surface area contributed by atoms with Crippen LogP contribution >= 0.6 is 0 Å². The summed E-state index contributed by atoms with van der Waals surface area (Å²) in [6.45, 7) is 1.89. The van der Waals surface area contributed by atoms with Gasteiger partial charge in [0.15, 0.2) is 5.65 Å². The van der Waals surface area contributed by atoms with Crippen molar-refractivity contribution >= 4 is 22.6 Å². The molecule has 0 saturated heterocycles. The summed E-state index contributed by atoms with van der Waals surface area (Å²) in [6, 6.07) is 10.5. The van der Waals surface area contributed by atoms with E-state index in [1.165, 1.54) is 10.9 Å². The molecule has 0 unspecified atom stereocenters. The third-order valence-corrected chi connectivity index (χ3v) is 5.12.